The Balaban J connectivity index is 0.00000261. The van der Waals surface area contributed by atoms with Crippen molar-refractivity contribution in [1.29, 1.82) is 0 Å². The van der Waals surface area contributed by atoms with E-state index in [-0.39, 0.29) is 24.0 Å². The van der Waals surface area contributed by atoms with E-state index in [4.69, 9.17) is 0 Å². The number of guanidine groups is 1. The zero-order valence-electron chi connectivity index (χ0n) is 15.1. The van der Waals surface area contributed by atoms with Crippen LogP contribution in [-0.2, 0) is 12.8 Å². The average Bonchev–Trinajstić information content (AvgIpc) is 3.06. The Labute approximate surface area is 174 Å². The van der Waals surface area contributed by atoms with Gasteiger partial charge in [0.25, 0.3) is 0 Å². The molecule has 0 spiro atoms. The molecular formula is C20H23F2IN4. The zero-order chi connectivity index (χ0) is 18.4. The SMILES string of the molecule is CN=C(NCCc1cc(F)ccc1F)NCCc1c[nH]c2ccccc12.I. The Morgan fingerprint density at radius 1 is 1.00 bits per heavy atom. The van der Waals surface area contributed by atoms with E-state index in [0.717, 1.165) is 30.6 Å². The fourth-order valence-electron chi connectivity index (χ4n) is 2.93. The minimum Gasteiger partial charge on any atom is -0.361 e. The van der Waals surface area contributed by atoms with Crippen LogP contribution in [0.25, 0.3) is 10.9 Å². The Bertz CT molecular complexity index is 908. The molecule has 0 amide bonds. The lowest BCUT2D eigenvalue weighted by Crippen LogP contribution is -2.39. The molecule has 7 heteroatoms. The van der Waals surface area contributed by atoms with E-state index < -0.39 is 11.6 Å². The van der Waals surface area contributed by atoms with Gasteiger partial charge in [-0.1, -0.05) is 18.2 Å². The number of halogens is 3. The molecule has 0 aliphatic heterocycles. The van der Waals surface area contributed by atoms with Crippen molar-refractivity contribution >= 4 is 40.8 Å². The predicted molar refractivity (Wildman–Crippen MR) is 117 cm³/mol. The summed E-state index contributed by atoms with van der Waals surface area (Å²) in [5.41, 5.74) is 2.72. The quantitative estimate of drug-likeness (QED) is 0.282. The monoisotopic (exact) mass is 484 g/mol. The Hall–Kier alpha value is -2.16. The smallest absolute Gasteiger partial charge is 0.190 e. The number of H-pyrrole nitrogens is 1. The molecule has 0 unspecified atom stereocenters. The summed E-state index contributed by atoms with van der Waals surface area (Å²) in [5, 5.41) is 7.59. The highest BCUT2D eigenvalue weighted by Gasteiger charge is 2.06. The predicted octanol–water partition coefficient (Wildman–Crippen LogP) is 4.01. The van der Waals surface area contributed by atoms with Crippen molar-refractivity contribution in [1.82, 2.24) is 15.6 Å². The van der Waals surface area contributed by atoms with Crippen LogP contribution >= 0.6 is 24.0 Å². The molecule has 0 aliphatic rings. The average molecular weight is 484 g/mol. The summed E-state index contributed by atoms with van der Waals surface area (Å²) in [5.74, 6) is -0.181. The van der Waals surface area contributed by atoms with Gasteiger partial charge in [0.05, 0.1) is 0 Å². The highest BCUT2D eigenvalue weighted by Crippen LogP contribution is 2.17. The van der Waals surface area contributed by atoms with Gasteiger partial charge >= 0.3 is 0 Å². The lowest BCUT2D eigenvalue weighted by molar-refractivity contribution is 0.583. The van der Waals surface area contributed by atoms with Crippen molar-refractivity contribution in [2.75, 3.05) is 20.1 Å². The van der Waals surface area contributed by atoms with Gasteiger partial charge in [-0.05, 0) is 48.2 Å². The van der Waals surface area contributed by atoms with Crippen LogP contribution in [0.4, 0.5) is 8.78 Å². The zero-order valence-corrected chi connectivity index (χ0v) is 17.4. The number of nitrogens with zero attached hydrogens (tertiary/aromatic N) is 1. The second kappa shape index (κ2) is 10.2. The summed E-state index contributed by atoms with van der Waals surface area (Å²) in [6.07, 6.45) is 3.26. The summed E-state index contributed by atoms with van der Waals surface area (Å²) >= 11 is 0. The molecule has 3 rings (SSSR count). The molecule has 27 heavy (non-hydrogen) atoms. The van der Waals surface area contributed by atoms with Crippen LogP contribution < -0.4 is 10.6 Å². The van der Waals surface area contributed by atoms with Crippen LogP contribution in [-0.4, -0.2) is 31.1 Å². The van der Waals surface area contributed by atoms with E-state index >= 15 is 0 Å². The van der Waals surface area contributed by atoms with Crippen molar-refractivity contribution in [3.8, 4) is 0 Å². The van der Waals surface area contributed by atoms with E-state index in [9.17, 15) is 8.78 Å². The Morgan fingerprint density at radius 3 is 2.44 bits per heavy atom. The summed E-state index contributed by atoms with van der Waals surface area (Å²) < 4.78 is 26.8. The molecule has 0 atom stereocenters. The molecule has 1 heterocycles. The largest absolute Gasteiger partial charge is 0.361 e. The number of benzene rings is 2. The van der Waals surface area contributed by atoms with Gasteiger partial charge in [0.2, 0.25) is 0 Å². The number of aromatic nitrogens is 1. The van der Waals surface area contributed by atoms with Gasteiger partial charge in [-0.15, -0.1) is 24.0 Å². The van der Waals surface area contributed by atoms with Gasteiger partial charge in [-0.2, -0.15) is 0 Å². The second-order valence-electron chi connectivity index (χ2n) is 6.02. The van der Waals surface area contributed by atoms with Gasteiger partial charge in [0.1, 0.15) is 11.6 Å². The molecule has 3 N–H and O–H groups in total. The first-order valence-corrected chi connectivity index (χ1v) is 8.61. The molecule has 0 saturated carbocycles. The first-order valence-electron chi connectivity index (χ1n) is 8.61. The third-order valence-electron chi connectivity index (χ3n) is 4.28. The maximum absolute atomic E-state index is 13.6. The Morgan fingerprint density at radius 2 is 1.70 bits per heavy atom. The summed E-state index contributed by atoms with van der Waals surface area (Å²) in [7, 11) is 1.68. The van der Waals surface area contributed by atoms with E-state index in [0.29, 0.717) is 24.5 Å². The van der Waals surface area contributed by atoms with Gasteiger partial charge in [0.15, 0.2) is 5.96 Å². The summed E-state index contributed by atoms with van der Waals surface area (Å²) in [4.78, 5) is 7.42. The van der Waals surface area contributed by atoms with Crippen LogP contribution in [0.15, 0.2) is 53.7 Å². The highest BCUT2D eigenvalue weighted by molar-refractivity contribution is 14.0. The second-order valence-corrected chi connectivity index (χ2v) is 6.02. The first-order chi connectivity index (χ1) is 12.7. The van der Waals surface area contributed by atoms with Crippen molar-refractivity contribution in [3.05, 3.63) is 71.4 Å². The van der Waals surface area contributed by atoms with Gasteiger partial charge < -0.3 is 15.6 Å². The van der Waals surface area contributed by atoms with Gasteiger partial charge in [0, 0.05) is 37.2 Å². The molecule has 0 fully saturated rings. The van der Waals surface area contributed by atoms with Crippen molar-refractivity contribution in [2.24, 2.45) is 4.99 Å². The molecule has 0 aliphatic carbocycles. The number of fused-ring (bicyclic) bond motifs is 1. The van der Waals surface area contributed by atoms with Crippen LogP contribution in [0.1, 0.15) is 11.1 Å². The molecule has 0 bridgehead atoms. The maximum Gasteiger partial charge on any atom is 0.190 e. The highest BCUT2D eigenvalue weighted by atomic mass is 127. The number of aliphatic imine (C=N–C) groups is 1. The number of hydrogen-bond acceptors (Lipinski definition) is 1. The maximum atomic E-state index is 13.6. The topological polar surface area (TPSA) is 52.2 Å². The van der Waals surface area contributed by atoms with E-state index in [1.54, 1.807) is 7.05 Å². The normalized spacial score (nSPS) is 11.3. The number of para-hydroxylation sites is 1. The molecule has 4 nitrogen and oxygen atoms in total. The van der Waals surface area contributed by atoms with E-state index in [1.807, 2.05) is 18.3 Å². The van der Waals surface area contributed by atoms with Crippen LogP contribution in [0.5, 0.6) is 0 Å². The third-order valence-corrected chi connectivity index (χ3v) is 4.28. The molecule has 0 saturated heterocycles. The van der Waals surface area contributed by atoms with Gasteiger partial charge in [-0.25, -0.2) is 8.78 Å². The molecule has 3 aromatic rings. The molecule has 0 radical (unpaired) electrons. The molecular weight excluding hydrogens is 461 g/mol. The number of aromatic amines is 1. The third kappa shape index (κ3) is 5.66. The van der Waals surface area contributed by atoms with E-state index in [1.165, 1.54) is 17.0 Å². The first kappa shape index (κ1) is 21.1. The van der Waals surface area contributed by atoms with Crippen molar-refractivity contribution in [2.45, 2.75) is 12.8 Å². The number of rotatable bonds is 6. The summed E-state index contributed by atoms with van der Waals surface area (Å²) in [6, 6.07) is 11.7. The molecule has 2 aromatic carbocycles. The fraction of sp³-hybridized carbons (Fsp3) is 0.250. The lowest BCUT2D eigenvalue weighted by atomic mass is 10.1. The molecule has 1 aromatic heterocycles. The van der Waals surface area contributed by atoms with Gasteiger partial charge in [-0.3, -0.25) is 4.99 Å². The number of hydrogen-bond donors (Lipinski definition) is 3. The Kier molecular flexibility index (Phi) is 8.02. The number of nitrogens with one attached hydrogen (secondary N) is 3. The minimum atomic E-state index is -0.428. The van der Waals surface area contributed by atoms with Crippen LogP contribution in [0.3, 0.4) is 0 Å². The van der Waals surface area contributed by atoms with Crippen LogP contribution in [0.2, 0.25) is 0 Å². The van der Waals surface area contributed by atoms with Crippen molar-refractivity contribution < 1.29 is 8.78 Å². The summed E-state index contributed by atoms with van der Waals surface area (Å²) in [6.45, 7) is 1.18. The lowest BCUT2D eigenvalue weighted by Gasteiger charge is -2.12. The standard InChI is InChI=1S/C20H22F2N4.HI/c1-23-20(24-10-8-14-12-16(21)6-7-18(14)22)25-11-9-15-13-26-19-5-3-2-4-17(15)19;/h2-7,12-13,26H,8-11H2,1H3,(H2,23,24,25);1H. The molecule has 144 valence electrons. The minimum absolute atomic E-state index is 0. The fourth-order valence-corrected chi connectivity index (χ4v) is 2.93. The van der Waals surface area contributed by atoms with Crippen LogP contribution in [0, 0.1) is 11.6 Å². The van der Waals surface area contributed by atoms with Crippen molar-refractivity contribution in [3.63, 3.8) is 0 Å². The van der Waals surface area contributed by atoms with E-state index in [2.05, 4.69) is 32.7 Å².